The summed E-state index contributed by atoms with van der Waals surface area (Å²) < 4.78 is 7.53. The number of halogens is 1. The molecule has 0 atom stereocenters. The molecule has 0 fully saturated rings. The van der Waals surface area contributed by atoms with Gasteiger partial charge in [-0.3, -0.25) is 9.36 Å². The quantitative estimate of drug-likeness (QED) is 0.213. The smallest absolute Gasteiger partial charge is 0.267 e. The lowest BCUT2D eigenvalue weighted by Crippen LogP contribution is -2.27. The topological polar surface area (TPSA) is 47.4 Å². The summed E-state index contributed by atoms with van der Waals surface area (Å²) in [6.07, 6.45) is 0.871. The molecule has 0 saturated heterocycles. The molecule has 0 radical (unpaired) electrons. The first kappa shape index (κ1) is 21.5. The number of nitrogens with zero attached hydrogens (tertiary/aromatic N) is 3. The van der Waals surface area contributed by atoms with E-state index in [0.29, 0.717) is 22.5 Å². The number of rotatable bonds is 6. The first-order chi connectivity index (χ1) is 15.6. The molecular formula is C24H22ClN3O2S2. The fourth-order valence-electron chi connectivity index (χ4n) is 3.90. The number of ether oxygens (including phenoxy) is 1. The van der Waals surface area contributed by atoms with E-state index in [1.807, 2.05) is 54.6 Å². The Labute approximate surface area is 199 Å². The van der Waals surface area contributed by atoms with Gasteiger partial charge in [0.2, 0.25) is 0 Å². The van der Waals surface area contributed by atoms with Crippen molar-refractivity contribution in [3.05, 3.63) is 80.4 Å². The zero-order valence-electron chi connectivity index (χ0n) is 17.6. The van der Waals surface area contributed by atoms with E-state index in [0.717, 1.165) is 46.7 Å². The maximum Gasteiger partial charge on any atom is 0.267 e. The minimum absolute atomic E-state index is 0.0224. The van der Waals surface area contributed by atoms with Gasteiger partial charge in [0.25, 0.3) is 5.56 Å². The maximum absolute atomic E-state index is 13.8. The second-order valence-corrected chi connectivity index (χ2v) is 10.3. The third-order valence-electron chi connectivity index (χ3n) is 5.43. The molecule has 1 aliphatic rings. The molecule has 0 amide bonds. The van der Waals surface area contributed by atoms with Crippen LogP contribution in [0.4, 0.5) is 0 Å². The summed E-state index contributed by atoms with van der Waals surface area (Å²) in [6.45, 7) is 2.33. The average Bonchev–Trinajstić information content (AvgIpc) is 3.15. The molecule has 5 nitrogen and oxygen atoms in total. The Bertz CT molecular complexity index is 1320. The summed E-state index contributed by atoms with van der Waals surface area (Å²) in [5.74, 6) is 1.50. The molecule has 2 aromatic carbocycles. The fraction of sp³-hybridized carbons (Fsp3) is 0.250. The van der Waals surface area contributed by atoms with Crippen molar-refractivity contribution in [3.8, 4) is 11.4 Å². The van der Waals surface area contributed by atoms with Crippen molar-refractivity contribution in [3.63, 3.8) is 0 Å². The molecule has 4 aromatic rings. The van der Waals surface area contributed by atoms with Crippen LogP contribution in [0.5, 0.6) is 5.75 Å². The van der Waals surface area contributed by atoms with Crippen LogP contribution in [0.1, 0.15) is 10.4 Å². The van der Waals surface area contributed by atoms with Crippen LogP contribution in [0, 0.1) is 0 Å². The van der Waals surface area contributed by atoms with Crippen LogP contribution in [0.25, 0.3) is 15.9 Å². The lowest BCUT2D eigenvalue weighted by Gasteiger charge is -2.21. The maximum atomic E-state index is 13.8. The van der Waals surface area contributed by atoms with Crippen LogP contribution in [0.3, 0.4) is 0 Å². The molecule has 3 heterocycles. The van der Waals surface area contributed by atoms with Crippen LogP contribution in [-0.2, 0) is 13.0 Å². The van der Waals surface area contributed by atoms with Crippen LogP contribution >= 0.6 is 34.7 Å². The molecule has 32 heavy (non-hydrogen) atoms. The van der Waals surface area contributed by atoms with Crippen LogP contribution in [0.2, 0.25) is 5.02 Å². The highest BCUT2D eigenvalue weighted by molar-refractivity contribution is 7.99. The summed E-state index contributed by atoms with van der Waals surface area (Å²) in [7, 11) is 2.11. The highest BCUT2D eigenvalue weighted by Crippen LogP contribution is 2.34. The SMILES string of the molecule is CN1CCc2c(sc3nc(SCCOc4ccccc4)n(-c4cccc(Cl)c4)c(=O)c23)C1. The van der Waals surface area contributed by atoms with Gasteiger partial charge in [-0.15, -0.1) is 11.3 Å². The van der Waals surface area contributed by atoms with Crippen LogP contribution in [0.15, 0.2) is 64.5 Å². The Kier molecular flexibility index (Phi) is 6.24. The van der Waals surface area contributed by atoms with Crippen molar-refractivity contribution >= 4 is 44.9 Å². The van der Waals surface area contributed by atoms with Crippen LogP contribution in [-0.4, -0.2) is 40.4 Å². The van der Waals surface area contributed by atoms with Crippen LogP contribution < -0.4 is 10.3 Å². The van der Waals surface area contributed by atoms with Crippen molar-refractivity contribution in [2.45, 2.75) is 18.1 Å². The van der Waals surface area contributed by atoms with E-state index in [1.165, 1.54) is 16.6 Å². The van der Waals surface area contributed by atoms with Gasteiger partial charge in [-0.1, -0.05) is 47.6 Å². The van der Waals surface area contributed by atoms with Crippen molar-refractivity contribution in [1.29, 1.82) is 0 Å². The summed E-state index contributed by atoms with van der Waals surface area (Å²) in [5.41, 5.74) is 1.86. The van der Waals surface area contributed by atoms with Gasteiger partial charge in [0.05, 0.1) is 17.7 Å². The van der Waals surface area contributed by atoms with Gasteiger partial charge in [0, 0.05) is 28.7 Å². The van der Waals surface area contributed by atoms with Crippen molar-refractivity contribution < 1.29 is 4.74 Å². The summed E-state index contributed by atoms with van der Waals surface area (Å²) in [5, 5.41) is 2.00. The van der Waals surface area contributed by atoms with E-state index >= 15 is 0 Å². The number of hydrogen-bond donors (Lipinski definition) is 0. The van der Waals surface area contributed by atoms with E-state index in [2.05, 4.69) is 11.9 Å². The Balaban J connectivity index is 1.53. The molecule has 0 spiro atoms. The minimum atomic E-state index is -0.0224. The first-order valence-electron chi connectivity index (χ1n) is 10.4. The molecular weight excluding hydrogens is 462 g/mol. The number of hydrogen-bond acceptors (Lipinski definition) is 6. The number of thioether (sulfide) groups is 1. The monoisotopic (exact) mass is 483 g/mol. The third kappa shape index (κ3) is 4.30. The average molecular weight is 484 g/mol. The largest absolute Gasteiger partial charge is 0.493 e. The zero-order chi connectivity index (χ0) is 22.1. The molecule has 0 unspecified atom stereocenters. The number of likely N-dealkylation sites (N-methyl/N-ethyl adjacent to an activating group) is 1. The van der Waals surface area contributed by atoms with Crippen molar-refractivity contribution in [2.75, 3.05) is 26.0 Å². The minimum Gasteiger partial charge on any atom is -0.493 e. The molecule has 0 aliphatic carbocycles. The lowest BCUT2D eigenvalue weighted by atomic mass is 10.1. The van der Waals surface area contributed by atoms with Gasteiger partial charge in [0.15, 0.2) is 5.16 Å². The second-order valence-electron chi connectivity index (χ2n) is 7.70. The molecule has 1 aliphatic heterocycles. The molecule has 0 N–H and O–H groups in total. The van der Waals surface area contributed by atoms with Crippen molar-refractivity contribution in [1.82, 2.24) is 14.5 Å². The fourth-order valence-corrected chi connectivity index (χ4v) is 6.26. The number of fused-ring (bicyclic) bond motifs is 3. The van der Waals surface area contributed by atoms with E-state index in [-0.39, 0.29) is 5.56 Å². The molecule has 8 heteroatoms. The summed E-state index contributed by atoms with van der Waals surface area (Å²) >= 11 is 9.42. The molecule has 0 bridgehead atoms. The van der Waals surface area contributed by atoms with Gasteiger partial charge in [-0.25, -0.2) is 4.98 Å². The molecule has 164 valence electrons. The van der Waals surface area contributed by atoms with Gasteiger partial charge < -0.3 is 9.64 Å². The van der Waals surface area contributed by atoms with Gasteiger partial charge in [0.1, 0.15) is 10.6 Å². The summed E-state index contributed by atoms with van der Waals surface area (Å²) in [6, 6.07) is 17.1. The normalized spacial score (nSPS) is 13.9. The number of benzene rings is 2. The molecule has 0 saturated carbocycles. The van der Waals surface area contributed by atoms with E-state index in [9.17, 15) is 4.79 Å². The van der Waals surface area contributed by atoms with Gasteiger partial charge in [-0.05, 0) is 49.4 Å². The van der Waals surface area contributed by atoms with Gasteiger partial charge in [-0.2, -0.15) is 0 Å². The highest BCUT2D eigenvalue weighted by atomic mass is 35.5. The van der Waals surface area contributed by atoms with Crippen molar-refractivity contribution in [2.24, 2.45) is 0 Å². The molecule has 5 rings (SSSR count). The predicted molar refractivity (Wildman–Crippen MR) is 133 cm³/mol. The number of thiophene rings is 1. The standard InChI is InChI=1S/C24H22ClN3O2S2/c1-27-11-10-19-20(15-27)32-22-21(19)23(29)28(17-7-5-6-16(25)14-17)24(26-22)31-13-12-30-18-8-3-2-4-9-18/h2-9,14H,10-13,15H2,1H3. The van der Waals surface area contributed by atoms with E-state index in [1.54, 1.807) is 15.9 Å². The second kappa shape index (κ2) is 9.27. The number of para-hydroxylation sites is 1. The first-order valence-corrected chi connectivity index (χ1v) is 12.6. The Morgan fingerprint density at radius 1 is 1.19 bits per heavy atom. The Morgan fingerprint density at radius 2 is 2.03 bits per heavy atom. The molecule has 2 aromatic heterocycles. The highest BCUT2D eigenvalue weighted by Gasteiger charge is 2.24. The predicted octanol–water partition coefficient (Wildman–Crippen LogP) is 5.26. The Hall–Kier alpha value is -2.32. The van der Waals surface area contributed by atoms with Gasteiger partial charge >= 0.3 is 0 Å². The van der Waals surface area contributed by atoms with E-state index < -0.39 is 0 Å². The Morgan fingerprint density at radius 3 is 2.84 bits per heavy atom. The lowest BCUT2D eigenvalue weighted by molar-refractivity contribution is 0.318. The third-order valence-corrected chi connectivity index (χ3v) is 7.68. The zero-order valence-corrected chi connectivity index (χ0v) is 20.0. The number of aromatic nitrogens is 2. The van der Waals surface area contributed by atoms with E-state index in [4.69, 9.17) is 21.3 Å². The summed E-state index contributed by atoms with van der Waals surface area (Å²) in [4.78, 5) is 23.0.